The van der Waals surface area contributed by atoms with Gasteiger partial charge in [-0.25, -0.2) is 0 Å². The molecule has 5 heteroatoms. The second kappa shape index (κ2) is 8.93. The summed E-state index contributed by atoms with van der Waals surface area (Å²) in [5.41, 5.74) is 3.10. The summed E-state index contributed by atoms with van der Waals surface area (Å²) in [5.74, 6) is 3.21. The molecule has 2 saturated carbocycles. The summed E-state index contributed by atoms with van der Waals surface area (Å²) in [5, 5.41) is 9.74. The summed E-state index contributed by atoms with van der Waals surface area (Å²) in [6, 6.07) is 6.55. The van der Waals surface area contributed by atoms with Gasteiger partial charge in [0, 0.05) is 20.8 Å². The smallest absolute Gasteiger partial charge is 0.188 e. The maximum atomic E-state index is 9.74. The van der Waals surface area contributed by atoms with E-state index in [0.29, 0.717) is 36.6 Å². The van der Waals surface area contributed by atoms with E-state index < -0.39 is 0 Å². The minimum atomic E-state index is 0.228. The lowest BCUT2D eigenvalue weighted by molar-refractivity contribution is -0.125. The predicted octanol–water partition coefficient (Wildman–Crippen LogP) is 4.44. The van der Waals surface area contributed by atoms with Gasteiger partial charge in [-0.05, 0) is 90.9 Å². The molecule has 0 bridgehead atoms. The molecule has 0 heterocycles. The highest BCUT2D eigenvalue weighted by Gasteiger charge is 2.56. The predicted molar refractivity (Wildman–Crippen MR) is 111 cm³/mol. The van der Waals surface area contributed by atoms with Crippen molar-refractivity contribution in [3.8, 4) is 5.75 Å². The molecule has 0 saturated heterocycles. The monoisotopic (exact) mass is 404 g/mol. The molecule has 0 spiro atoms. The van der Waals surface area contributed by atoms with Gasteiger partial charge in [0.15, 0.2) is 6.79 Å². The van der Waals surface area contributed by atoms with Crippen LogP contribution in [-0.2, 0) is 14.2 Å². The van der Waals surface area contributed by atoms with Crippen molar-refractivity contribution in [1.29, 1.82) is 0 Å². The second-order valence-electron chi connectivity index (χ2n) is 9.35. The van der Waals surface area contributed by atoms with Crippen LogP contribution >= 0.6 is 0 Å². The van der Waals surface area contributed by atoms with Crippen molar-refractivity contribution in [3.63, 3.8) is 0 Å². The van der Waals surface area contributed by atoms with E-state index in [1.807, 2.05) is 0 Å². The molecule has 0 aliphatic heterocycles. The van der Waals surface area contributed by atoms with E-state index in [2.05, 4.69) is 25.1 Å². The zero-order valence-electron chi connectivity index (χ0n) is 18.1. The van der Waals surface area contributed by atoms with E-state index in [-0.39, 0.29) is 18.8 Å². The van der Waals surface area contributed by atoms with Gasteiger partial charge in [-0.2, -0.15) is 0 Å². The van der Waals surface area contributed by atoms with Gasteiger partial charge < -0.3 is 24.1 Å². The summed E-state index contributed by atoms with van der Waals surface area (Å²) >= 11 is 0. The van der Waals surface area contributed by atoms with Crippen LogP contribution < -0.4 is 4.74 Å². The Labute approximate surface area is 174 Å². The summed E-state index contributed by atoms with van der Waals surface area (Å²) in [7, 11) is 3.34. The first-order chi connectivity index (χ1) is 14.1. The highest BCUT2D eigenvalue weighted by molar-refractivity contribution is 5.43. The summed E-state index contributed by atoms with van der Waals surface area (Å²) in [6.07, 6.45) is 7.06. The topological polar surface area (TPSA) is 57.2 Å². The van der Waals surface area contributed by atoms with Crippen molar-refractivity contribution >= 4 is 0 Å². The molecule has 162 valence electrons. The van der Waals surface area contributed by atoms with E-state index in [0.717, 1.165) is 25.0 Å². The van der Waals surface area contributed by atoms with Crippen molar-refractivity contribution < 1.29 is 24.1 Å². The Balaban J connectivity index is 1.61. The van der Waals surface area contributed by atoms with Gasteiger partial charge in [-0.3, -0.25) is 0 Å². The van der Waals surface area contributed by atoms with Crippen molar-refractivity contribution in [2.75, 3.05) is 34.4 Å². The Kier molecular flexibility index (Phi) is 6.50. The number of fused-ring (bicyclic) bond motifs is 5. The molecule has 1 unspecified atom stereocenters. The molecule has 4 rings (SSSR count). The molecule has 0 amide bonds. The average molecular weight is 405 g/mol. The van der Waals surface area contributed by atoms with Crippen LogP contribution in [0.5, 0.6) is 5.75 Å². The number of benzene rings is 1. The number of aliphatic hydroxyl groups is 1. The molecule has 1 aromatic rings. The van der Waals surface area contributed by atoms with Crippen LogP contribution in [0.3, 0.4) is 0 Å². The molecular weight excluding hydrogens is 368 g/mol. The average Bonchev–Trinajstić information content (AvgIpc) is 3.07. The van der Waals surface area contributed by atoms with Crippen LogP contribution in [0.15, 0.2) is 18.2 Å². The van der Waals surface area contributed by atoms with E-state index in [9.17, 15) is 5.11 Å². The highest BCUT2D eigenvalue weighted by Crippen LogP contribution is 2.63. The van der Waals surface area contributed by atoms with Crippen molar-refractivity contribution in [2.45, 2.75) is 63.4 Å². The Morgan fingerprint density at radius 2 is 1.90 bits per heavy atom. The summed E-state index contributed by atoms with van der Waals surface area (Å²) in [4.78, 5) is 0. The number of hydrogen-bond donors (Lipinski definition) is 1. The van der Waals surface area contributed by atoms with E-state index in [4.69, 9.17) is 18.9 Å². The van der Waals surface area contributed by atoms with Crippen molar-refractivity contribution in [1.82, 2.24) is 0 Å². The Hall–Kier alpha value is -1.14. The van der Waals surface area contributed by atoms with Gasteiger partial charge in [0.2, 0.25) is 0 Å². The Morgan fingerprint density at radius 3 is 2.66 bits per heavy atom. The lowest BCUT2D eigenvalue weighted by atomic mass is 9.53. The van der Waals surface area contributed by atoms with Crippen LogP contribution in [-0.4, -0.2) is 45.6 Å². The first-order valence-electron chi connectivity index (χ1n) is 11.1. The van der Waals surface area contributed by atoms with Crippen LogP contribution in [0.1, 0.15) is 68.4 Å². The number of ether oxygens (including phenoxy) is 4. The number of aliphatic hydroxyl groups excluding tert-OH is 1. The molecule has 3 aliphatic rings. The summed E-state index contributed by atoms with van der Waals surface area (Å²) in [6.45, 7) is 3.33. The van der Waals surface area contributed by atoms with E-state index in [1.165, 1.54) is 30.4 Å². The molecular formula is C24H36O5. The zero-order chi connectivity index (χ0) is 20.4. The maximum absolute atomic E-state index is 9.74. The van der Waals surface area contributed by atoms with Crippen LogP contribution in [0.2, 0.25) is 0 Å². The van der Waals surface area contributed by atoms with Gasteiger partial charge in [-0.15, -0.1) is 0 Å². The fraction of sp³-hybridized carbons (Fsp3) is 0.750. The van der Waals surface area contributed by atoms with Crippen molar-refractivity contribution in [2.24, 2.45) is 17.3 Å². The van der Waals surface area contributed by atoms with E-state index >= 15 is 0 Å². The molecule has 1 aromatic carbocycles. The molecule has 0 aromatic heterocycles. The lowest BCUT2D eigenvalue weighted by Gasteiger charge is -2.52. The van der Waals surface area contributed by atoms with Crippen LogP contribution in [0.25, 0.3) is 0 Å². The normalized spacial score (nSPS) is 35.7. The molecule has 0 radical (unpaired) electrons. The van der Waals surface area contributed by atoms with Gasteiger partial charge in [0.05, 0.1) is 6.10 Å². The maximum Gasteiger partial charge on any atom is 0.188 e. The minimum absolute atomic E-state index is 0.228. The third-order valence-corrected chi connectivity index (χ3v) is 8.01. The quantitative estimate of drug-likeness (QED) is 0.649. The third-order valence-electron chi connectivity index (χ3n) is 8.01. The molecule has 3 aliphatic carbocycles. The SMILES string of the molecule is COCOc1ccc2c(c1)C(CCO)C[C@@H]1[C@@H]2CC[C@]2(C)[C@@H](OCOC)CC[C@@H]12. The first kappa shape index (κ1) is 21.1. The number of hydrogen-bond acceptors (Lipinski definition) is 5. The van der Waals surface area contributed by atoms with Crippen LogP contribution in [0, 0.1) is 17.3 Å². The lowest BCUT2D eigenvalue weighted by Crippen LogP contribution is -2.45. The van der Waals surface area contributed by atoms with Gasteiger partial charge >= 0.3 is 0 Å². The Bertz CT molecular complexity index is 692. The van der Waals surface area contributed by atoms with E-state index in [1.54, 1.807) is 14.2 Å². The van der Waals surface area contributed by atoms with Gasteiger partial charge in [-0.1, -0.05) is 13.0 Å². The molecule has 2 fully saturated rings. The largest absolute Gasteiger partial charge is 0.468 e. The molecule has 5 nitrogen and oxygen atoms in total. The van der Waals surface area contributed by atoms with Crippen molar-refractivity contribution in [3.05, 3.63) is 29.3 Å². The second-order valence-corrected chi connectivity index (χ2v) is 9.35. The van der Waals surface area contributed by atoms with Crippen LogP contribution in [0.4, 0.5) is 0 Å². The minimum Gasteiger partial charge on any atom is -0.468 e. The Morgan fingerprint density at radius 1 is 1.07 bits per heavy atom. The fourth-order valence-electron chi connectivity index (χ4n) is 6.72. The number of methoxy groups -OCH3 is 2. The fourth-order valence-corrected chi connectivity index (χ4v) is 6.72. The standard InChI is InChI=1S/C24H36O5/c1-24-10-8-19-18-5-4-17(28-14-26-2)13-20(18)16(9-11-25)12-21(19)22(24)6-7-23(24)29-15-27-3/h4-5,13,16,19,21-23,25H,6-12,14-15H2,1-3H3/t16?,19-,21-,22+,23+,24+/m1/s1. The number of rotatable bonds is 8. The molecule has 6 atom stereocenters. The molecule has 29 heavy (non-hydrogen) atoms. The zero-order valence-corrected chi connectivity index (χ0v) is 18.1. The summed E-state index contributed by atoms with van der Waals surface area (Å²) < 4.78 is 22.1. The first-order valence-corrected chi connectivity index (χ1v) is 11.1. The highest BCUT2D eigenvalue weighted by atomic mass is 16.7. The molecule has 1 N–H and O–H groups in total. The van der Waals surface area contributed by atoms with Gasteiger partial charge in [0.1, 0.15) is 12.5 Å². The third kappa shape index (κ3) is 3.83. The van der Waals surface area contributed by atoms with Gasteiger partial charge in [0.25, 0.3) is 0 Å².